The normalized spacial score (nSPS) is 10.6. The Kier molecular flexibility index (Phi) is 4.08. The van der Waals surface area contributed by atoms with Gasteiger partial charge in [0.1, 0.15) is 6.33 Å². The van der Waals surface area contributed by atoms with Crippen molar-refractivity contribution in [1.29, 1.82) is 0 Å². The molecule has 0 saturated heterocycles. The number of hydrogen-bond acceptors (Lipinski definition) is 4. The van der Waals surface area contributed by atoms with Crippen LogP contribution in [-0.4, -0.2) is 26.1 Å². The number of anilines is 1. The number of rotatable bonds is 3. The lowest BCUT2D eigenvalue weighted by Gasteiger charge is -2.11. The van der Waals surface area contributed by atoms with Crippen LogP contribution in [0.3, 0.4) is 0 Å². The third kappa shape index (κ3) is 3.37. The van der Waals surface area contributed by atoms with E-state index in [0.717, 1.165) is 16.8 Å². The molecular formula is C16H14ClN5O. The summed E-state index contributed by atoms with van der Waals surface area (Å²) in [5.41, 5.74) is 3.83. The molecule has 3 rings (SSSR count). The zero-order valence-corrected chi connectivity index (χ0v) is 13.4. The number of hydrogen-bond donors (Lipinski definition) is 1. The average Bonchev–Trinajstić information content (AvgIpc) is 3.00. The van der Waals surface area contributed by atoms with E-state index in [4.69, 9.17) is 11.6 Å². The maximum atomic E-state index is 12.7. The molecule has 1 N–H and O–H groups in total. The summed E-state index contributed by atoms with van der Waals surface area (Å²) >= 11 is 6.03. The second-order valence-electron chi connectivity index (χ2n) is 5.25. The molecule has 1 heterocycles. The van der Waals surface area contributed by atoms with Gasteiger partial charge in [-0.2, -0.15) is 4.68 Å². The predicted octanol–water partition coefficient (Wildman–Crippen LogP) is 3.18. The van der Waals surface area contributed by atoms with Gasteiger partial charge >= 0.3 is 0 Å². The number of benzene rings is 2. The largest absolute Gasteiger partial charge is 0.322 e. The molecule has 116 valence electrons. The van der Waals surface area contributed by atoms with Gasteiger partial charge in [-0.15, -0.1) is 5.10 Å². The molecule has 23 heavy (non-hydrogen) atoms. The number of nitrogens with zero attached hydrogens (tertiary/aromatic N) is 4. The molecule has 0 aliphatic heterocycles. The first kappa shape index (κ1) is 15.2. The van der Waals surface area contributed by atoms with Crippen molar-refractivity contribution in [3.63, 3.8) is 0 Å². The van der Waals surface area contributed by atoms with E-state index in [1.54, 1.807) is 18.2 Å². The minimum atomic E-state index is -0.275. The van der Waals surface area contributed by atoms with Gasteiger partial charge in [0.15, 0.2) is 0 Å². The molecule has 0 fully saturated rings. The molecular weight excluding hydrogens is 314 g/mol. The lowest BCUT2D eigenvalue weighted by molar-refractivity contribution is 0.102. The van der Waals surface area contributed by atoms with E-state index in [9.17, 15) is 4.79 Å². The van der Waals surface area contributed by atoms with Gasteiger partial charge in [-0.25, -0.2) is 0 Å². The summed E-state index contributed by atoms with van der Waals surface area (Å²) in [7, 11) is 0. The van der Waals surface area contributed by atoms with Crippen molar-refractivity contribution in [3.8, 4) is 5.69 Å². The van der Waals surface area contributed by atoms with Crippen LogP contribution in [0.15, 0.2) is 42.7 Å². The Bertz CT molecular complexity index is 841. The lowest BCUT2D eigenvalue weighted by Crippen LogP contribution is -2.15. The molecule has 0 unspecified atom stereocenters. The second kappa shape index (κ2) is 6.18. The molecule has 0 spiro atoms. The highest BCUT2D eigenvalue weighted by Crippen LogP contribution is 2.21. The van der Waals surface area contributed by atoms with Crippen LogP contribution < -0.4 is 5.32 Å². The summed E-state index contributed by atoms with van der Waals surface area (Å²) in [5.74, 6) is -0.275. The van der Waals surface area contributed by atoms with Crippen LogP contribution in [0.4, 0.5) is 5.69 Å². The highest BCUT2D eigenvalue weighted by Gasteiger charge is 2.15. The Morgan fingerprint density at radius 2 is 1.87 bits per heavy atom. The highest BCUT2D eigenvalue weighted by molar-refractivity contribution is 6.31. The van der Waals surface area contributed by atoms with E-state index >= 15 is 0 Å². The Balaban J connectivity index is 1.97. The van der Waals surface area contributed by atoms with Gasteiger partial charge in [0.25, 0.3) is 5.91 Å². The van der Waals surface area contributed by atoms with Crippen molar-refractivity contribution in [1.82, 2.24) is 20.2 Å². The third-order valence-electron chi connectivity index (χ3n) is 3.28. The first-order valence-corrected chi connectivity index (χ1v) is 7.33. The van der Waals surface area contributed by atoms with Gasteiger partial charge in [0.2, 0.25) is 0 Å². The zero-order chi connectivity index (χ0) is 16.4. The summed E-state index contributed by atoms with van der Waals surface area (Å²) in [6.45, 7) is 3.96. The maximum absolute atomic E-state index is 12.7. The standard InChI is InChI=1S/C16H14ClN5O/c1-10-5-11(2)7-13(6-10)19-16(23)14-8-12(17)3-4-15(14)22-9-18-20-21-22/h3-9H,1-2H3,(H,19,23). The number of nitrogens with one attached hydrogen (secondary N) is 1. The molecule has 3 aromatic rings. The Morgan fingerprint density at radius 3 is 2.52 bits per heavy atom. The Hall–Kier alpha value is -2.73. The monoisotopic (exact) mass is 327 g/mol. The van der Waals surface area contributed by atoms with Crippen LogP contribution in [0.1, 0.15) is 21.5 Å². The highest BCUT2D eigenvalue weighted by atomic mass is 35.5. The molecule has 0 bridgehead atoms. The smallest absolute Gasteiger partial charge is 0.257 e. The molecule has 0 saturated carbocycles. The molecule has 6 nitrogen and oxygen atoms in total. The van der Waals surface area contributed by atoms with E-state index in [0.29, 0.717) is 16.3 Å². The van der Waals surface area contributed by atoms with Crippen molar-refractivity contribution in [2.45, 2.75) is 13.8 Å². The number of amides is 1. The second-order valence-corrected chi connectivity index (χ2v) is 5.68. The summed E-state index contributed by atoms with van der Waals surface area (Å²) in [6.07, 6.45) is 1.43. The fraction of sp³-hybridized carbons (Fsp3) is 0.125. The average molecular weight is 328 g/mol. The quantitative estimate of drug-likeness (QED) is 0.802. The molecule has 0 radical (unpaired) electrons. The van der Waals surface area contributed by atoms with Gasteiger partial charge in [0, 0.05) is 10.7 Å². The van der Waals surface area contributed by atoms with Crippen LogP contribution in [0.2, 0.25) is 5.02 Å². The number of carbonyl (C=O) groups is 1. The summed E-state index contributed by atoms with van der Waals surface area (Å²) < 4.78 is 1.42. The molecule has 1 amide bonds. The number of tetrazole rings is 1. The van der Waals surface area contributed by atoms with Gasteiger partial charge < -0.3 is 5.32 Å². The zero-order valence-electron chi connectivity index (χ0n) is 12.6. The summed E-state index contributed by atoms with van der Waals surface area (Å²) in [4.78, 5) is 12.7. The van der Waals surface area contributed by atoms with Crippen LogP contribution >= 0.6 is 11.6 Å². The molecule has 0 atom stereocenters. The fourth-order valence-electron chi connectivity index (χ4n) is 2.41. The van der Waals surface area contributed by atoms with Crippen LogP contribution in [0, 0.1) is 13.8 Å². The molecule has 0 aliphatic rings. The number of aromatic nitrogens is 4. The maximum Gasteiger partial charge on any atom is 0.257 e. The van der Waals surface area contributed by atoms with Gasteiger partial charge in [-0.05, 0) is 65.7 Å². The van der Waals surface area contributed by atoms with E-state index < -0.39 is 0 Å². The molecule has 2 aromatic carbocycles. The van der Waals surface area contributed by atoms with E-state index in [2.05, 4.69) is 20.8 Å². The Labute approximate surface area is 138 Å². The minimum absolute atomic E-state index is 0.275. The van der Waals surface area contributed by atoms with Gasteiger partial charge in [-0.1, -0.05) is 17.7 Å². The number of carbonyl (C=O) groups excluding carboxylic acids is 1. The van der Waals surface area contributed by atoms with Gasteiger partial charge in [-0.3, -0.25) is 4.79 Å². The van der Waals surface area contributed by atoms with E-state index in [-0.39, 0.29) is 5.91 Å². The molecule has 0 aliphatic carbocycles. The van der Waals surface area contributed by atoms with E-state index in [1.165, 1.54) is 11.0 Å². The predicted molar refractivity (Wildman–Crippen MR) is 88.0 cm³/mol. The SMILES string of the molecule is Cc1cc(C)cc(NC(=O)c2cc(Cl)ccc2-n2cnnn2)c1. The molecule has 7 heteroatoms. The lowest BCUT2D eigenvalue weighted by atomic mass is 10.1. The van der Waals surface area contributed by atoms with Crippen LogP contribution in [0.25, 0.3) is 5.69 Å². The van der Waals surface area contributed by atoms with Crippen LogP contribution in [0.5, 0.6) is 0 Å². The van der Waals surface area contributed by atoms with Crippen LogP contribution in [-0.2, 0) is 0 Å². The first-order chi connectivity index (χ1) is 11.0. The topological polar surface area (TPSA) is 72.7 Å². The third-order valence-corrected chi connectivity index (χ3v) is 3.51. The Morgan fingerprint density at radius 1 is 1.13 bits per heavy atom. The summed E-state index contributed by atoms with van der Waals surface area (Å²) in [5, 5.41) is 14.4. The minimum Gasteiger partial charge on any atom is -0.322 e. The fourth-order valence-corrected chi connectivity index (χ4v) is 2.58. The summed E-state index contributed by atoms with van der Waals surface area (Å²) in [6, 6.07) is 10.8. The van der Waals surface area contributed by atoms with Crippen molar-refractivity contribution >= 4 is 23.2 Å². The first-order valence-electron chi connectivity index (χ1n) is 6.95. The van der Waals surface area contributed by atoms with E-state index in [1.807, 2.05) is 32.0 Å². The number of halogens is 1. The molecule has 1 aromatic heterocycles. The number of aryl methyl sites for hydroxylation is 2. The van der Waals surface area contributed by atoms with Crippen molar-refractivity contribution < 1.29 is 4.79 Å². The van der Waals surface area contributed by atoms with Crippen molar-refractivity contribution in [3.05, 3.63) is 64.4 Å². The van der Waals surface area contributed by atoms with Gasteiger partial charge in [0.05, 0.1) is 11.3 Å². The van der Waals surface area contributed by atoms with Crippen molar-refractivity contribution in [2.75, 3.05) is 5.32 Å². The van der Waals surface area contributed by atoms with Crippen molar-refractivity contribution in [2.24, 2.45) is 0 Å².